The topological polar surface area (TPSA) is 52.8 Å². The first-order valence-electron chi connectivity index (χ1n) is 7.43. The second kappa shape index (κ2) is 10.0. The van der Waals surface area contributed by atoms with Crippen molar-refractivity contribution in [2.45, 2.75) is 19.3 Å². The van der Waals surface area contributed by atoms with Crippen LogP contribution in [-0.2, 0) is 6.42 Å². The van der Waals surface area contributed by atoms with Crippen molar-refractivity contribution in [3.05, 3.63) is 24.2 Å². The van der Waals surface area contributed by atoms with Crippen molar-refractivity contribution < 1.29 is 4.42 Å². The van der Waals surface area contributed by atoms with Gasteiger partial charge in [0.25, 0.3) is 0 Å². The Morgan fingerprint density at radius 2 is 2.33 bits per heavy atom. The molecule has 1 saturated heterocycles. The molecule has 0 aliphatic carbocycles. The second-order valence-corrected chi connectivity index (χ2v) is 5.48. The molecule has 21 heavy (non-hydrogen) atoms. The first-order valence-corrected chi connectivity index (χ1v) is 7.43. The van der Waals surface area contributed by atoms with Crippen LogP contribution in [0.25, 0.3) is 0 Å². The fourth-order valence-corrected chi connectivity index (χ4v) is 2.66. The van der Waals surface area contributed by atoms with Gasteiger partial charge in [-0.25, -0.2) is 0 Å². The van der Waals surface area contributed by atoms with Crippen LogP contribution >= 0.6 is 24.0 Å². The van der Waals surface area contributed by atoms with E-state index in [1.807, 2.05) is 19.2 Å². The van der Waals surface area contributed by atoms with Crippen molar-refractivity contribution in [1.29, 1.82) is 0 Å². The molecule has 1 aliphatic rings. The van der Waals surface area contributed by atoms with E-state index in [9.17, 15) is 0 Å². The number of nitrogens with zero attached hydrogens (tertiary/aromatic N) is 2. The highest BCUT2D eigenvalue weighted by Gasteiger charge is 2.17. The molecule has 2 heterocycles. The minimum Gasteiger partial charge on any atom is -0.469 e. The summed E-state index contributed by atoms with van der Waals surface area (Å²) in [6.07, 6.45) is 5.19. The summed E-state index contributed by atoms with van der Waals surface area (Å²) in [5.41, 5.74) is 0. The Labute approximate surface area is 144 Å². The highest BCUT2D eigenvalue weighted by atomic mass is 127. The summed E-state index contributed by atoms with van der Waals surface area (Å²) in [7, 11) is 4.01. The number of aliphatic imine (C=N–C) groups is 1. The van der Waals surface area contributed by atoms with Crippen molar-refractivity contribution in [2.24, 2.45) is 10.9 Å². The van der Waals surface area contributed by atoms with Crippen molar-refractivity contribution in [2.75, 3.05) is 40.3 Å². The summed E-state index contributed by atoms with van der Waals surface area (Å²) in [6.45, 7) is 4.23. The van der Waals surface area contributed by atoms with Gasteiger partial charge < -0.3 is 20.0 Å². The van der Waals surface area contributed by atoms with E-state index in [2.05, 4.69) is 27.6 Å². The average Bonchev–Trinajstić information content (AvgIpc) is 2.96. The highest BCUT2D eigenvalue weighted by Crippen LogP contribution is 2.13. The molecule has 6 heteroatoms. The van der Waals surface area contributed by atoms with Gasteiger partial charge >= 0.3 is 0 Å². The number of furan rings is 1. The summed E-state index contributed by atoms with van der Waals surface area (Å²) in [4.78, 5) is 6.67. The average molecular weight is 406 g/mol. The Morgan fingerprint density at radius 1 is 1.48 bits per heavy atom. The molecule has 0 bridgehead atoms. The SMILES string of the molecule is CN=C(NCCc1ccco1)NCC1CCCN(C)C1.I. The van der Waals surface area contributed by atoms with Gasteiger partial charge in [0.2, 0.25) is 0 Å². The van der Waals surface area contributed by atoms with Crippen LogP contribution in [-0.4, -0.2) is 51.1 Å². The Morgan fingerprint density at radius 3 is 3.00 bits per heavy atom. The molecule has 1 fully saturated rings. The van der Waals surface area contributed by atoms with Crippen LogP contribution in [0, 0.1) is 5.92 Å². The number of guanidine groups is 1. The monoisotopic (exact) mass is 406 g/mol. The maximum Gasteiger partial charge on any atom is 0.191 e. The Kier molecular flexibility index (Phi) is 8.75. The van der Waals surface area contributed by atoms with Crippen molar-refractivity contribution in [3.8, 4) is 0 Å². The summed E-state index contributed by atoms with van der Waals surface area (Å²) >= 11 is 0. The number of halogens is 1. The predicted octanol–water partition coefficient (Wildman–Crippen LogP) is 1.95. The van der Waals surface area contributed by atoms with Gasteiger partial charge in [-0.15, -0.1) is 24.0 Å². The second-order valence-electron chi connectivity index (χ2n) is 5.48. The van der Waals surface area contributed by atoms with Crippen molar-refractivity contribution in [3.63, 3.8) is 0 Å². The van der Waals surface area contributed by atoms with Gasteiger partial charge in [0.05, 0.1) is 6.26 Å². The third kappa shape index (κ3) is 6.69. The van der Waals surface area contributed by atoms with Crippen LogP contribution in [0.4, 0.5) is 0 Å². The molecule has 5 nitrogen and oxygen atoms in total. The Balaban J connectivity index is 0.00000220. The van der Waals surface area contributed by atoms with Gasteiger partial charge in [-0.05, 0) is 44.5 Å². The summed E-state index contributed by atoms with van der Waals surface area (Å²) < 4.78 is 5.31. The first-order chi connectivity index (χ1) is 9.78. The van der Waals surface area contributed by atoms with Crippen LogP contribution in [0.3, 0.4) is 0 Å². The number of likely N-dealkylation sites (tertiary alicyclic amines) is 1. The molecule has 1 aromatic rings. The minimum absolute atomic E-state index is 0. The molecule has 2 rings (SSSR count). The lowest BCUT2D eigenvalue weighted by Crippen LogP contribution is -2.44. The maximum absolute atomic E-state index is 5.31. The van der Waals surface area contributed by atoms with E-state index >= 15 is 0 Å². The third-order valence-electron chi connectivity index (χ3n) is 3.75. The van der Waals surface area contributed by atoms with Gasteiger partial charge in [-0.2, -0.15) is 0 Å². The van der Waals surface area contributed by atoms with Crippen LogP contribution in [0.1, 0.15) is 18.6 Å². The first kappa shape index (κ1) is 18.3. The normalized spacial score (nSPS) is 19.9. The van der Waals surface area contributed by atoms with E-state index in [1.54, 1.807) is 6.26 Å². The van der Waals surface area contributed by atoms with Crippen LogP contribution in [0.5, 0.6) is 0 Å². The van der Waals surface area contributed by atoms with Crippen LogP contribution < -0.4 is 10.6 Å². The molecule has 1 unspecified atom stereocenters. The predicted molar refractivity (Wildman–Crippen MR) is 97.4 cm³/mol. The number of piperidine rings is 1. The largest absolute Gasteiger partial charge is 0.469 e. The Hall–Kier alpha value is -0.760. The number of hydrogen-bond acceptors (Lipinski definition) is 3. The van der Waals surface area contributed by atoms with Crippen LogP contribution in [0.2, 0.25) is 0 Å². The molecule has 1 aliphatic heterocycles. The molecule has 0 aromatic carbocycles. The van der Waals surface area contributed by atoms with E-state index in [0.717, 1.165) is 37.1 Å². The van der Waals surface area contributed by atoms with E-state index in [4.69, 9.17) is 4.42 Å². The lowest BCUT2D eigenvalue weighted by Gasteiger charge is -2.30. The quantitative estimate of drug-likeness (QED) is 0.446. The standard InChI is InChI=1S/C15H26N4O.HI/c1-16-15(17-8-7-14-6-4-10-20-14)18-11-13-5-3-9-19(2)12-13;/h4,6,10,13H,3,5,7-9,11-12H2,1-2H3,(H2,16,17,18);1H. The third-order valence-corrected chi connectivity index (χ3v) is 3.75. The lowest BCUT2D eigenvalue weighted by molar-refractivity contribution is 0.210. The van der Waals surface area contributed by atoms with Gasteiger partial charge in [0, 0.05) is 33.1 Å². The summed E-state index contributed by atoms with van der Waals surface area (Å²) in [5.74, 6) is 2.60. The molecule has 120 valence electrons. The minimum atomic E-state index is 0. The molecule has 0 amide bonds. The fourth-order valence-electron chi connectivity index (χ4n) is 2.66. The van der Waals surface area contributed by atoms with Gasteiger partial charge in [-0.1, -0.05) is 0 Å². The highest BCUT2D eigenvalue weighted by molar-refractivity contribution is 14.0. The summed E-state index contributed by atoms with van der Waals surface area (Å²) in [6, 6.07) is 3.91. The molecule has 1 atom stereocenters. The van der Waals surface area contributed by atoms with Gasteiger partial charge in [-0.3, -0.25) is 4.99 Å². The number of nitrogens with one attached hydrogen (secondary N) is 2. The van der Waals surface area contributed by atoms with Gasteiger partial charge in [0.15, 0.2) is 5.96 Å². The molecule has 0 saturated carbocycles. The molecule has 2 N–H and O–H groups in total. The summed E-state index contributed by atoms with van der Waals surface area (Å²) in [5, 5.41) is 6.75. The zero-order valence-corrected chi connectivity index (χ0v) is 15.3. The van der Waals surface area contributed by atoms with E-state index in [-0.39, 0.29) is 24.0 Å². The van der Waals surface area contributed by atoms with Gasteiger partial charge in [0.1, 0.15) is 5.76 Å². The van der Waals surface area contributed by atoms with E-state index in [0.29, 0.717) is 0 Å². The lowest BCUT2D eigenvalue weighted by atomic mass is 9.99. The fraction of sp³-hybridized carbons (Fsp3) is 0.667. The molecular weight excluding hydrogens is 379 g/mol. The smallest absolute Gasteiger partial charge is 0.191 e. The maximum atomic E-state index is 5.31. The van der Waals surface area contributed by atoms with Crippen LogP contribution in [0.15, 0.2) is 27.8 Å². The van der Waals surface area contributed by atoms with E-state index < -0.39 is 0 Å². The number of rotatable bonds is 5. The van der Waals surface area contributed by atoms with Crippen molar-refractivity contribution >= 4 is 29.9 Å². The van der Waals surface area contributed by atoms with Crippen molar-refractivity contribution in [1.82, 2.24) is 15.5 Å². The Bertz CT molecular complexity index is 408. The van der Waals surface area contributed by atoms with E-state index in [1.165, 1.54) is 25.9 Å². The molecule has 0 spiro atoms. The number of hydrogen-bond donors (Lipinski definition) is 2. The zero-order valence-electron chi connectivity index (χ0n) is 13.0. The molecular formula is C15H27IN4O. The molecule has 1 aromatic heterocycles. The zero-order chi connectivity index (χ0) is 14.2. The molecule has 0 radical (unpaired) electrons.